The molecule has 3 aromatic rings. The van der Waals surface area contributed by atoms with Gasteiger partial charge >= 0.3 is 0 Å². The Balaban J connectivity index is 1.60. The van der Waals surface area contributed by atoms with Gasteiger partial charge in [0.2, 0.25) is 10.0 Å². The van der Waals surface area contributed by atoms with Crippen LogP contribution in [0.1, 0.15) is 28.3 Å². The highest BCUT2D eigenvalue weighted by atomic mass is 32.2. The summed E-state index contributed by atoms with van der Waals surface area (Å²) in [4.78, 5) is 2.77. The summed E-state index contributed by atoms with van der Waals surface area (Å²) in [6, 6.07) is 26.0. The van der Waals surface area contributed by atoms with Gasteiger partial charge in [-0.15, -0.1) is 0 Å². The van der Waals surface area contributed by atoms with Crippen molar-refractivity contribution in [2.75, 3.05) is 26.2 Å². The molecule has 30 heavy (non-hydrogen) atoms. The molecular weight excluding hydrogens is 392 g/mol. The SMILES string of the molecule is Cc1ccc([C@H](c2ccccc2C)N2CCN(S(=O)(=O)c3ccccc3)CC2)cc1. The Kier molecular flexibility index (Phi) is 6.04. The summed E-state index contributed by atoms with van der Waals surface area (Å²) in [6.45, 7) is 6.61. The van der Waals surface area contributed by atoms with Gasteiger partial charge < -0.3 is 0 Å². The highest BCUT2D eigenvalue weighted by Gasteiger charge is 2.32. The number of sulfonamides is 1. The van der Waals surface area contributed by atoms with Crippen molar-refractivity contribution in [1.29, 1.82) is 0 Å². The zero-order valence-corrected chi connectivity index (χ0v) is 18.3. The molecule has 1 saturated heterocycles. The molecule has 1 heterocycles. The number of benzene rings is 3. The van der Waals surface area contributed by atoms with Crippen LogP contribution in [0, 0.1) is 13.8 Å². The average molecular weight is 421 g/mol. The van der Waals surface area contributed by atoms with E-state index in [1.165, 1.54) is 22.3 Å². The first-order chi connectivity index (χ1) is 14.5. The van der Waals surface area contributed by atoms with Gasteiger partial charge in [-0.1, -0.05) is 72.3 Å². The van der Waals surface area contributed by atoms with Gasteiger partial charge in [-0.2, -0.15) is 4.31 Å². The van der Waals surface area contributed by atoms with Crippen molar-refractivity contribution < 1.29 is 8.42 Å². The minimum Gasteiger partial charge on any atom is -0.290 e. The lowest BCUT2D eigenvalue weighted by atomic mass is 9.92. The molecule has 0 bridgehead atoms. The summed E-state index contributed by atoms with van der Waals surface area (Å²) >= 11 is 0. The lowest BCUT2D eigenvalue weighted by Crippen LogP contribution is -2.49. The first-order valence-corrected chi connectivity index (χ1v) is 11.8. The minimum atomic E-state index is -3.45. The van der Waals surface area contributed by atoms with Gasteiger partial charge in [0.1, 0.15) is 0 Å². The largest absolute Gasteiger partial charge is 0.290 e. The highest BCUT2D eigenvalue weighted by Crippen LogP contribution is 2.32. The van der Waals surface area contributed by atoms with Gasteiger partial charge in [0, 0.05) is 26.2 Å². The van der Waals surface area contributed by atoms with Crippen LogP contribution in [-0.4, -0.2) is 43.8 Å². The molecule has 1 aliphatic rings. The number of hydrogen-bond acceptors (Lipinski definition) is 3. The average Bonchev–Trinajstić information content (AvgIpc) is 2.77. The van der Waals surface area contributed by atoms with E-state index in [4.69, 9.17) is 0 Å². The maximum atomic E-state index is 13.0. The van der Waals surface area contributed by atoms with Crippen molar-refractivity contribution in [1.82, 2.24) is 9.21 Å². The maximum Gasteiger partial charge on any atom is 0.243 e. The van der Waals surface area contributed by atoms with Gasteiger partial charge in [0.15, 0.2) is 0 Å². The van der Waals surface area contributed by atoms with Gasteiger partial charge in [-0.05, 0) is 42.7 Å². The molecule has 0 amide bonds. The van der Waals surface area contributed by atoms with E-state index in [1.54, 1.807) is 28.6 Å². The van der Waals surface area contributed by atoms with E-state index in [0.29, 0.717) is 31.1 Å². The molecule has 4 nitrogen and oxygen atoms in total. The van der Waals surface area contributed by atoms with Gasteiger partial charge in [-0.3, -0.25) is 4.90 Å². The summed E-state index contributed by atoms with van der Waals surface area (Å²) in [5.41, 5.74) is 5.01. The summed E-state index contributed by atoms with van der Waals surface area (Å²) in [5.74, 6) is 0. The Bertz CT molecular complexity index is 1090. The Labute approximate surface area is 179 Å². The highest BCUT2D eigenvalue weighted by molar-refractivity contribution is 7.89. The predicted molar refractivity (Wildman–Crippen MR) is 121 cm³/mol. The molecule has 1 atom stereocenters. The molecule has 1 fully saturated rings. The fourth-order valence-electron chi connectivity index (χ4n) is 4.17. The molecule has 1 aliphatic heterocycles. The molecule has 3 aromatic carbocycles. The van der Waals surface area contributed by atoms with E-state index in [1.807, 2.05) is 6.07 Å². The van der Waals surface area contributed by atoms with Crippen LogP contribution in [0.2, 0.25) is 0 Å². The van der Waals surface area contributed by atoms with E-state index in [9.17, 15) is 8.42 Å². The number of nitrogens with zero attached hydrogens (tertiary/aromatic N) is 2. The first kappa shape index (κ1) is 20.8. The zero-order chi connectivity index (χ0) is 21.1. The summed E-state index contributed by atoms with van der Waals surface area (Å²) in [5, 5.41) is 0. The third kappa shape index (κ3) is 4.19. The van der Waals surface area contributed by atoms with Crippen LogP contribution in [0.3, 0.4) is 0 Å². The summed E-state index contributed by atoms with van der Waals surface area (Å²) in [6.07, 6.45) is 0. The molecule has 4 rings (SSSR count). The predicted octanol–water partition coefficient (Wildman–Crippen LogP) is 4.40. The Morgan fingerprint density at radius 2 is 1.33 bits per heavy atom. The van der Waals surface area contributed by atoms with Crippen molar-refractivity contribution in [3.8, 4) is 0 Å². The van der Waals surface area contributed by atoms with Crippen LogP contribution in [0.4, 0.5) is 0 Å². The van der Waals surface area contributed by atoms with Crippen LogP contribution in [-0.2, 0) is 10.0 Å². The molecule has 0 radical (unpaired) electrons. The molecule has 0 N–H and O–H groups in total. The quantitative estimate of drug-likeness (QED) is 0.614. The topological polar surface area (TPSA) is 40.6 Å². The lowest BCUT2D eigenvalue weighted by molar-refractivity contribution is 0.155. The van der Waals surface area contributed by atoms with Crippen LogP contribution >= 0.6 is 0 Å². The second-order valence-corrected chi connectivity index (χ2v) is 9.86. The number of rotatable bonds is 5. The normalized spacial score (nSPS) is 17.0. The van der Waals surface area contributed by atoms with E-state index in [-0.39, 0.29) is 6.04 Å². The number of aryl methyl sites for hydroxylation is 2. The third-order valence-electron chi connectivity index (χ3n) is 5.90. The smallest absolute Gasteiger partial charge is 0.243 e. The minimum absolute atomic E-state index is 0.119. The number of piperazine rings is 1. The van der Waals surface area contributed by atoms with E-state index >= 15 is 0 Å². The zero-order valence-electron chi connectivity index (χ0n) is 17.5. The van der Waals surface area contributed by atoms with Crippen molar-refractivity contribution in [2.24, 2.45) is 0 Å². The molecule has 0 aromatic heterocycles. The van der Waals surface area contributed by atoms with Crippen LogP contribution in [0.15, 0.2) is 83.8 Å². The Hall–Kier alpha value is -2.47. The second kappa shape index (κ2) is 8.72. The van der Waals surface area contributed by atoms with Crippen molar-refractivity contribution >= 4 is 10.0 Å². The monoisotopic (exact) mass is 420 g/mol. The fraction of sp³-hybridized carbons (Fsp3) is 0.280. The second-order valence-electron chi connectivity index (χ2n) is 7.92. The molecule has 0 aliphatic carbocycles. The molecule has 5 heteroatoms. The standard InChI is InChI=1S/C25H28N2O2S/c1-20-12-14-22(15-13-20)25(24-11-7-6-8-21(24)2)26-16-18-27(19-17-26)30(28,29)23-9-4-3-5-10-23/h3-15,25H,16-19H2,1-2H3/t25-/m1/s1. The fourth-order valence-corrected chi connectivity index (χ4v) is 5.62. The van der Waals surface area contributed by atoms with Gasteiger partial charge in [0.05, 0.1) is 10.9 Å². The maximum absolute atomic E-state index is 13.0. The molecule has 156 valence electrons. The Morgan fingerprint density at radius 1 is 0.733 bits per heavy atom. The van der Waals surface area contributed by atoms with Crippen molar-refractivity contribution in [3.05, 3.63) is 101 Å². The molecule has 0 unspecified atom stereocenters. The van der Waals surface area contributed by atoms with E-state index in [2.05, 4.69) is 67.3 Å². The van der Waals surface area contributed by atoms with Crippen molar-refractivity contribution in [3.63, 3.8) is 0 Å². The van der Waals surface area contributed by atoms with Crippen LogP contribution < -0.4 is 0 Å². The molecular formula is C25H28N2O2S. The Morgan fingerprint density at radius 3 is 1.97 bits per heavy atom. The first-order valence-electron chi connectivity index (χ1n) is 10.4. The lowest BCUT2D eigenvalue weighted by Gasteiger charge is -2.39. The van der Waals surface area contributed by atoms with E-state index in [0.717, 1.165) is 0 Å². The van der Waals surface area contributed by atoms with Crippen LogP contribution in [0.5, 0.6) is 0 Å². The van der Waals surface area contributed by atoms with Crippen molar-refractivity contribution in [2.45, 2.75) is 24.8 Å². The van der Waals surface area contributed by atoms with E-state index < -0.39 is 10.0 Å². The van der Waals surface area contributed by atoms with Gasteiger partial charge in [-0.25, -0.2) is 8.42 Å². The summed E-state index contributed by atoms with van der Waals surface area (Å²) < 4.78 is 27.6. The molecule has 0 spiro atoms. The summed E-state index contributed by atoms with van der Waals surface area (Å²) in [7, 11) is -3.45. The van der Waals surface area contributed by atoms with Gasteiger partial charge in [0.25, 0.3) is 0 Å². The molecule has 0 saturated carbocycles. The third-order valence-corrected chi connectivity index (χ3v) is 7.81. The number of hydrogen-bond donors (Lipinski definition) is 0. The van der Waals surface area contributed by atoms with Crippen LogP contribution in [0.25, 0.3) is 0 Å².